The second kappa shape index (κ2) is 7.58. The van der Waals surface area contributed by atoms with E-state index in [0.29, 0.717) is 23.9 Å². The summed E-state index contributed by atoms with van der Waals surface area (Å²) in [5.74, 6) is 1.64. The molecule has 0 atom stereocenters. The smallest absolute Gasteiger partial charge is 0.273 e. The Kier molecular flexibility index (Phi) is 4.84. The molecule has 3 heterocycles. The van der Waals surface area contributed by atoms with Crippen LogP contribution in [0.2, 0.25) is 0 Å². The first-order chi connectivity index (χ1) is 13.2. The van der Waals surface area contributed by atoms with Crippen LogP contribution in [0.25, 0.3) is 10.7 Å². The van der Waals surface area contributed by atoms with Gasteiger partial charge in [0, 0.05) is 19.4 Å². The minimum Gasteiger partial charge on any atom is -0.454 e. The first-order valence-corrected chi connectivity index (χ1v) is 9.22. The van der Waals surface area contributed by atoms with E-state index in [1.807, 2.05) is 35.7 Å². The normalized spacial score (nSPS) is 12.1. The highest BCUT2D eigenvalue weighted by Crippen LogP contribution is 2.32. The molecule has 1 aromatic carbocycles. The minimum atomic E-state index is -0.322. The van der Waals surface area contributed by atoms with Crippen LogP contribution in [-0.2, 0) is 17.8 Å². The number of aromatic nitrogens is 3. The van der Waals surface area contributed by atoms with Gasteiger partial charge in [0.25, 0.3) is 5.56 Å². The standard InChI is InChI=1S/C18H16N4O4S/c23-16(19-9-11-3-5-13-14(8-11)26-10-25-13)6-4-12-18(24)20-17(22-21-12)15-2-1-7-27-15/h1-3,5,7-8H,4,6,9-10H2,(H,19,23)(H,20,22,24). The van der Waals surface area contributed by atoms with Crippen molar-refractivity contribution < 1.29 is 14.3 Å². The zero-order valence-corrected chi connectivity index (χ0v) is 15.0. The quantitative estimate of drug-likeness (QED) is 0.672. The number of aromatic amines is 1. The molecule has 8 nitrogen and oxygen atoms in total. The molecule has 1 aliphatic rings. The van der Waals surface area contributed by atoms with Gasteiger partial charge in [0.2, 0.25) is 12.7 Å². The fraction of sp³-hybridized carbons (Fsp3) is 0.222. The Morgan fingerprint density at radius 3 is 2.93 bits per heavy atom. The molecule has 1 aliphatic heterocycles. The Hall–Kier alpha value is -3.20. The molecular weight excluding hydrogens is 368 g/mol. The number of hydrogen-bond donors (Lipinski definition) is 2. The van der Waals surface area contributed by atoms with Gasteiger partial charge in [0.15, 0.2) is 17.3 Å². The summed E-state index contributed by atoms with van der Waals surface area (Å²) in [4.78, 5) is 27.7. The summed E-state index contributed by atoms with van der Waals surface area (Å²) < 4.78 is 10.6. The summed E-state index contributed by atoms with van der Waals surface area (Å²) in [7, 11) is 0. The second-order valence-corrected chi connectivity index (χ2v) is 6.84. The van der Waals surface area contributed by atoms with Gasteiger partial charge in [-0.25, -0.2) is 0 Å². The van der Waals surface area contributed by atoms with E-state index in [1.54, 1.807) is 0 Å². The lowest BCUT2D eigenvalue weighted by Crippen LogP contribution is -2.25. The first kappa shape index (κ1) is 17.2. The largest absolute Gasteiger partial charge is 0.454 e. The van der Waals surface area contributed by atoms with Crippen molar-refractivity contribution >= 4 is 17.2 Å². The molecule has 1 amide bonds. The summed E-state index contributed by atoms with van der Waals surface area (Å²) in [6, 6.07) is 9.25. The van der Waals surface area contributed by atoms with E-state index in [1.165, 1.54) is 11.3 Å². The van der Waals surface area contributed by atoms with Gasteiger partial charge in [-0.1, -0.05) is 12.1 Å². The van der Waals surface area contributed by atoms with E-state index in [0.717, 1.165) is 10.4 Å². The Bertz CT molecular complexity index is 1020. The highest BCUT2D eigenvalue weighted by molar-refractivity contribution is 7.13. The molecule has 0 bridgehead atoms. The third kappa shape index (κ3) is 3.98. The molecule has 2 aromatic heterocycles. The van der Waals surface area contributed by atoms with Crippen LogP contribution in [0.5, 0.6) is 11.5 Å². The fourth-order valence-electron chi connectivity index (χ4n) is 2.62. The summed E-state index contributed by atoms with van der Waals surface area (Å²) in [6.45, 7) is 0.584. The highest BCUT2D eigenvalue weighted by Gasteiger charge is 2.14. The zero-order valence-electron chi connectivity index (χ0n) is 14.2. The van der Waals surface area contributed by atoms with Gasteiger partial charge in [-0.3, -0.25) is 9.59 Å². The van der Waals surface area contributed by atoms with Crippen molar-refractivity contribution in [3.8, 4) is 22.2 Å². The lowest BCUT2D eigenvalue weighted by atomic mass is 10.2. The van der Waals surface area contributed by atoms with Crippen LogP contribution in [0.3, 0.4) is 0 Å². The molecule has 27 heavy (non-hydrogen) atoms. The van der Waals surface area contributed by atoms with Crippen LogP contribution in [0.15, 0.2) is 40.5 Å². The molecule has 138 valence electrons. The number of thiophene rings is 1. The number of hydrogen-bond acceptors (Lipinski definition) is 7. The molecule has 0 fully saturated rings. The van der Waals surface area contributed by atoms with Crippen LogP contribution >= 0.6 is 11.3 Å². The van der Waals surface area contributed by atoms with Gasteiger partial charge >= 0.3 is 0 Å². The molecule has 0 aliphatic carbocycles. The Morgan fingerprint density at radius 1 is 1.22 bits per heavy atom. The van der Waals surface area contributed by atoms with Crippen molar-refractivity contribution in [3.63, 3.8) is 0 Å². The Balaban J connectivity index is 1.31. The maximum atomic E-state index is 12.1. The van der Waals surface area contributed by atoms with E-state index >= 15 is 0 Å². The van der Waals surface area contributed by atoms with Crippen molar-refractivity contribution in [2.75, 3.05) is 6.79 Å². The van der Waals surface area contributed by atoms with E-state index in [2.05, 4.69) is 20.5 Å². The van der Waals surface area contributed by atoms with Crippen molar-refractivity contribution in [1.82, 2.24) is 20.5 Å². The average Bonchev–Trinajstić information content (AvgIpc) is 3.36. The lowest BCUT2D eigenvalue weighted by molar-refractivity contribution is -0.121. The molecule has 4 rings (SSSR count). The van der Waals surface area contributed by atoms with E-state index in [4.69, 9.17) is 9.47 Å². The van der Waals surface area contributed by atoms with Crippen molar-refractivity contribution in [2.45, 2.75) is 19.4 Å². The predicted molar refractivity (Wildman–Crippen MR) is 98.7 cm³/mol. The maximum Gasteiger partial charge on any atom is 0.273 e. The van der Waals surface area contributed by atoms with Gasteiger partial charge in [0.05, 0.1) is 4.88 Å². The summed E-state index contributed by atoms with van der Waals surface area (Å²) in [5, 5.41) is 12.7. The zero-order chi connectivity index (χ0) is 18.6. The van der Waals surface area contributed by atoms with E-state index in [9.17, 15) is 9.59 Å². The molecular formula is C18H16N4O4S. The Morgan fingerprint density at radius 2 is 2.11 bits per heavy atom. The van der Waals surface area contributed by atoms with Crippen LogP contribution in [0.4, 0.5) is 0 Å². The van der Waals surface area contributed by atoms with Gasteiger partial charge in [-0.15, -0.1) is 21.5 Å². The first-order valence-electron chi connectivity index (χ1n) is 8.34. The minimum absolute atomic E-state index is 0.153. The molecule has 0 saturated carbocycles. The number of fused-ring (bicyclic) bond motifs is 1. The highest BCUT2D eigenvalue weighted by atomic mass is 32.1. The van der Waals surface area contributed by atoms with Crippen LogP contribution in [0.1, 0.15) is 17.7 Å². The number of ether oxygens (including phenoxy) is 2. The molecule has 0 spiro atoms. The fourth-order valence-corrected chi connectivity index (χ4v) is 3.28. The monoisotopic (exact) mass is 384 g/mol. The maximum absolute atomic E-state index is 12.1. The number of amides is 1. The Labute approximate surface area is 158 Å². The number of nitrogens with one attached hydrogen (secondary N) is 2. The van der Waals surface area contributed by atoms with Gasteiger partial charge in [-0.2, -0.15) is 0 Å². The molecule has 0 saturated heterocycles. The second-order valence-electron chi connectivity index (χ2n) is 5.89. The van der Waals surface area contributed by atoms with Crippen LogP contribution in [-0.4, -0.2) is 27.9 Å². The number of nitrogens with zero attached hydrogens (tertiary/aromatic N) is 2. The predicted octanol–water partition coefficient (Wildman–Crippen LogP) is 1.87. The van der Waals surface area contributed by atoms with Crippen LogP contribution < -0.4 is 20.3 Å². The number of carbonyl (C=O) groups excluding carboxylic acids is 1. The van der Waals surface area contributed by atoms with Crippen molar-refractivity contribution in [2.24, 2.45) is 0 Å². The van der Waals surface area contributed by atoms with Crippen molar-refractivity contribution in [3.05, 3.63) is 57.3 Å². The molecule has 3 aromatic rings. The third-order valence-corrected chi connectivity index (χ3v) is 4.91. The summed E-state index contributed by atoms with van der Waals surface area (Å²) >= 11 is 1.47. The summed E-state index contributed by atoms with van der Waals surface area (Å²) in [6.07, 6.45) is 0.376. The molecule has 9 heteroatoms. The lowest BCUT2D eigenvalue weighted by Gasteiger charge is -2.06. The van der Waals surface area contributed by atoms with Crippen molar-refractivity contribution in [1.29, 1.82) is 0 Å². The number of rotatable bonds is 6. The van der Waals surface area contributed by atoms with Crippen LogP contribution in [0, 0.1) is 0 Å². The van der Waals surface area contributed by atoms with E-state index < -0.39 is 0 Å². The molecule has 2 N–H and O–H groups in total. The van der Waals surface area contributed by atoms with E-state index in [-0.39, 0.29) is 36.8 Å². The SMILES string of the molecule is O=C(CCc1nnc(-c2cccs2)[nH]c1=O)NCc1ccc2c(c1)OCO2. The topological polar surface area (TPSA) is 106 Å². The average molecular weight is 384 g/mol. The number of carbonyl (C=O) groups is 1. The molecule has 0 unspecified atom stereocenters. The number of aryl methyl sites for hydroxylation is 1. The molecule has 0 radical (unpaired) electrons. The summed E-state index contributed by atoms with van der Waals surface area (Å²) in [5.41, 5.74) is 0.830. The number of H-pyrrole nitrogens is 1. The number of benzene rings is 1. The van der Waals surface area contributed by atoms with Gasteiger partial charge in [-0.05, 0) is 29.1 Å². The van der Waals surface area contributed by atoms with Gasteiger partial charge < -0.3 is 19.8 Å². The third-order valence-electron chi connectivity index (χ3n) is 4.03. The van der Waals surface area contributed by atoms with Gasteiger partial charge in [0.1, 0.15) is 5.69 Å².